The Labute approximate surface area is 100 Å². The number of rotatable bonds is 1. The molecule has 0 radical (unpaired) electrons. The van der Waals surface area contributed by atoms with Gasteiger partial charge < -0.3 is 9.64 Å². The molecule has 0 spiro atoms. The minimum Gasteiger partial charge on any atom is -0.380 e. The van der Waals surface area contributed by atoms with E-state index in [4.69, 9.17) is 4.74 Å². The van der Waals surface area contributed by atoms with Gasteiger partial charge in [0.1, 0.15) is 5.82 Å². The maximum absolute atomic E-state index is 13.6. The molecule has 1 saturated heterocycles. The van der Waals surface area contributed by atoms with Crippen LogP contribution in [0.5, 0.6) is 0 Å². The van der Waals surface area contributed by atoms with Crippen molar-refractivity contribution in [1.82, 2.24) is 4.90 Å². The number of aryl methyl sites for hydroxylation is 1. The zero-order valence-electron chi connectivity index (χ0n) is 9.91. The Morgan fingerprint density at radius 1 is 1.35 bits per heavy atom. The summed E-state index contributed by atoms with van der Waals surface area (Å²) in [5.41, 5.74) is 1.05. The third-order valence-corrected chi connectivity index (χ3v) is 2.86. The van der Waals surface area contributed by atoms with Crippen LogP contribution in [0.2, 0.25) is 0 Å². The van der Waals surface area contributed by atoms with Gasteiger partial charge in [0.2, 0.25) is 0 Å². The normalized spacial score (nSPS) is 16.7. The summed E-state index contributed by atoms with van der Waals surface area (Å²) in [4.78, 5) is 13.8. The molecule has 0 unspecified atom stereocenters. The Balaban J connectivity index is 2.20. The minimum absolute atomic E-state index is 0.159. The fraction of sp³-hybridized carbons (Fsp3) is 0.462. The zero-order chi connectivity index (χ0) is 12.3. The van der Waals surface area contributed by atoms with Crippen molar-refractivity contribution in [3.63, 3.8) is 0 Å². The summed E-state index contributed by atoms with van der Waals surface area (Å²) < 4.78 is 18.9. The van der Waals surface area contributed by atoms with Crippen LogP contribution in [0.15, 0.2) is 18.2 Å². The molecule has 4 heteroatoms. The van der Waals surface area contributed by atoms with Crippen molar-refractivity contribution >= 4 is 5.91 Å². The topological polar surface area (TPSA) is 29.5 Å². The molecule has 2 rings (SSSR count). The van der Waals surface area contributed by atoms with E-state index in [1.807, 2.05) is 6.92 Å². The van der Waals surface area contributed by atoms with E-state index >= 15 is 0 Å². The van der Waals surface area contributed by atoms with Crippen LogP contribution in [0.4, 0.5) is 4.39 Å². The Morgan fingerprint density at radius 3 is 3.00 bits per heavy atom. The SMILES string of the molecule is Cc1ccc(F)c(C(=O)N2CCCOCC2)c1. The van der Waals surface area contributed by atoms with Crippen molar-refractivity contribution in [3.05, 3.63) is 35.1 Å². The van der Waals surface area contributed by atoms with E-state index in [1.54, 1.807) is 17.0 Å². The maximum Gasteiger partial charge on any atom is 0.256 e. The summed E-state index contributed by atoms with van der Waals surface area (Å²) in [6.07, 6.45) is 0.805. The van der Waals surface area contributed by atoms with Crippen LogP contribution >= 0.6 is 0 Å². The van der Waals surface area contributed by atoms with Crippen molar-refractivity contribution in [2.45, 2.75) is 13.3 Å². The van der Waals surface area contributed by atoms with E-state index in [0.717, 1.165) is 12.0 Å². The lowest BCUT2D eigenvalue weighted by Crippen LogP contribution is -2.33. The summed E-state index contributed by atoms with van der Waals surface area (Å²) in [5.74, 6) is -0.692. The first-order valence-electron chi connectivity index (χ1n) is 5.81. The van der Waals surface area contributed by atoms with Crippen LogP contribution in [0, 0.1) is 12.7 Å². The number of hydrogen-bond acceptors (Lipinski definition) is 2. The lowest BCUT2D eigenvalue weighted by Gasteiger charge is -2.20. The van der Waals surface area contributed by atoms with Gasteiger partial charge in [0, 0.05) is 19.7 Å². The number of halogens is 1. The third kappa shape index (κ3) is 2.82. The maximum atomic E-state index is 13.6. The van der Waals surface area contributed by atoms with E-state index in [9.17, 15) is 9.18 Å². The lowest BCUT2D eigenvalue weighted by molar-refractivity contribution is 0.0736. The van der Waals surface area contributed by atoms with E-state index < -0.39 is 5.82 Å². The number of ether oxygens (including phenoxy) is 1. The van der Waals surface area contributed by atoms with Crippen molar-refractivity contribution in [3.8, 4) is 0 Å². The van der Waals surface area contributed by atoms with Crippen molar-refractivity contribution in [2.75, 3.05) is 26.3 Å². The zero-order valence-corrected chi connectivity index (χ0v) is 9.91. The van der Waals surface area contributed by atoms with Crippen LogP contribution in [-0.2, 0) is 4.74 Å². The summed E-state index contributed by atoms with van der Waals surface area (Å²) >= 11 is 0. The van der Waals surface area contributed by atoms with Gasteiger partial charge in [-0.15, -0.1) is 0 Å². The molecule has 1 aromatic rings. The van der Waals surface area contributed by atoms with Crippen LogP contribution < -0.4 is 0 Å². The van der Waals surface area contributed by atoms with Gasteiger partial charge in [0.15, 0.2) is 0 Å². The smallest absolute Gasteiger partial charge is 0.256 e. The van der Waals surface area contributed by atoms with Crippen LogP contribution in [-0.4, -0.2) is 37.1 Å². The molecule has 1 heterocycles. The highest BCUT2D eigenvalue weighted by Crippen LogP contribution is 2.14. The first kappa shape index (κ1) is 12.0. The second-order valence-electron chi connectivity index (χ2n) is 4.24. The number of carbonyl (C=O) groups is 1. The Morgan fingerprint density at radius 2 is 2.18 bits per heavy atom. The van der Waals surface area contributed by atoms with Crippen LogP contribution in [0.3, 0.4) is 0 Å². The summed E-state index contributed by atoms with van der Waals surface area (Å²) in [5, 5.41) is 0. The molecule has 1 aromatic carbocycles. The summed E-state index contributed by atoms with van der Waals surface area (Å²) in [6.45, 7) is 4.21. The van der Waals surface area contributed by atoms with Crippen molar-refractivity contribution < 1.29 is 13.9 Å². The van der Waals surface area contributed by atoms with Gasteiger partial charge in [0.25, 0.3) is 5.91 Å². The number of carbonyl (C=O) groups excluding carboxylic acids is 1. The second-order valence-corrected chi connectivity index (χ2v) is 4.24. The molecule has 0 saturated carbocycles. The van der Waals surface area contributed by atoms with E-state index in [1.165, 1.54) is 6.07 Å². The van der Waals surface area contributed by atoms with E-state index in [-0.39, 0.29) is 11.5 Å². The summed E-state index contributed by atoms with van der Waals surface area (Å²) in [6, 6.07) is 4.61. The van der Waals surface area contributed by atoms with Gasteiger partial charge in [0.05, 0.1) is 12.2 Å². The van der Waals surface area contributed by atoms with Gasteiger partial charge in [-0.25, -0.2) is 4.39 Å². The molecule has 1 aliphatic rings. The monoisotopic (exact) mass is 237 g/mol. The first-order valence-corrected chi connectivity index (χ1v) is 5.81. The number of hydrogen-bond donors (Lipinski definition) is 0. The Kier molecular flexibility index (Phi) is 3.74. The number of nitrogens with zero attached hydrogens (tertiary/aromatic N) is 1. The van der Waals surface area contributed by atoms with E-state index in [0.29, 0.717) is 26.3 Å². The van der Waals surface area contributed by atoms with Crippen LogP contribution in [0.1, 0.15) is 22.3 Å². The van der Waals surface area contributed by atoms with Gasteiger partial charge in [-0.05, 0) is 25.5 Å². The fourth-order valence-corrected chi connectivity index (χ4v) is 1.92. The quantitative estimate of drug-likeness (QED) is 0.747. The summed E-state index contributed by atoms with van der Waals surface area (Å²) in [7, 11) is 0. The molecule has 0 atom stereocenters. The second kappa shape index (κ2) is 5.27. The van der Waals surface area contributed by atoms with Gasteiger partial charge >= 0.3 is 0 Å². The molecule has 0 aromatic heterocycles. The fourth-order valence-electron chi connectivity index (χ4n) is 1.92. The number of benzene rings is 1. The standard InChI is InChI=1S/C13H16FNO2/c1-10-3-4-12(14)11(9-10)13(16)15-5-2-7-17-8-6-15/h3-4,9H,2,5-8H2,1H3. The molecule has 0 aliphatic carbocycles. The first-order chi connectivity index (χ1) is 8.18. The van der Waals surface area contributed by atoms with Crippen molar-refractivity contribution in [1.29, 1.82) is 0 Å². The Hall–Kier alpha value is -1.42. The van der Waals surface area contributed by atoms with E-state index in [2.05, 4.69) is 0 Å². The third-order valence-electron chi connectivity index (χ3n) is 2.86. The largest absolute Gasteiger partial charge is 0.380 e. The highest BCUT2D eigenvalue weighted by atomic mass is 19.1. The predicted molar refractivity (Wildman–Crippen MR) is 62.5 cm³/mol. The van der Waals surface area contributed by atoms with Crippen molar-refractivity contribution in [2.24, 2.45) is 0 Å². The molecule has 0 N–H and O–H groups in total. The molecular weight excluding hydrogens is 221 g/mol. The Bertz CT molecular complexity index is 412. The highest BCUT2D eigenvalue weighted by Gasteiger charge is 2.20. The molecule has 3 nitrogen and oxygen atoms in total. The molecule has 1 fully saturated rings. The molecular formula is C13H16FNO2. The molecule has 17 heavy (non-hydrogen) atoms. The van der Waals surface area contributed by atoms with Gasteiger partial charge in [-0.2, -0.15) is 0 Å². The average molecular weight is 237 g/mol. The lowest BCUT2D eigenvalue weighted by atomic mass is 10.1. The molecule has 1 amide bonds. The molecule has 92 valence electrons. The van der Waals surface area contributed by atoms with Gasteiger partial charge in [-0.3, -0.25) is 4.79 Å². The van der Waals surface area contributed by atoms with Crippen LogP contribution in [0.25, 0.3) is 0 Å². The minimum atomic E-state index is -0.453. The molecule has 1 aliphatic heterocycles. The molecule has 0 bridgehead atoms. The average Bonchev–Trinajstić information content (AvgIpc) is 2.60. The highest BCUT2D eigenvalue weighted by molar-refractivity contribution is 5.94. The predicted octanol–water partition coefficient (Wildman–Crippen LogP) is 2.00. The van der Waals surface area contributed by atoms with Gasteiger partial charge in [-0.1, -0.05) is 11.6 Å². The number of amides is 1.